The average Bonchev–Trinajstić information content (AvgIpc) is 3.45. The maximum absolute atomic E-state index is 12.7. The number of carbonyl (C=O) groups excluding carboxylic acids is 1. The quantitative estimate of drug-likeness (QED) is 0.520. The number of nitrogens with zero attached hydrogens (tertiary/aromatic N) is 5. The molecule has 1 saturated heterocycles. The monoisotopic (exact) mass is 478 g/mol. The number of carbonyl (C=O) groups is 1. The first-order valence-electron chi connectivity index (χ1n) is 9.51. The van der Waals surface area contributed by atoms with Gasteiger partial charge in [-0.05, 0) is 59.7 Å². The molecule has 0 bridgehead atoms. The van der Waals surface area contributed by atoms with E-state index >= 15 is 0 Å². The highest BCUT2D eigenvalue weighted by molar-refractivity contribution is 7.99. The number of hydrogen-bond acceptors (Lipinski definition) is 7. The van der Waals surface area contributed by atoms with Crippen LogP contribution in [-0.2, 0) is 14.8 Å². The Morgan fingerprint density at radius 3 is 2.68 bits per heavy atom. The molecule has 0 spiro atoms. The summed E-state index contributed by atoms with van der Waals surface area (Å²) in [5.74, 6) is -0.259. The number of rotatable bonds is 7. The second kappa shape index (κ2) is 9.35. The third-order valence-electron chi connectivity index (χ3n) is 4.65. The summed E-state index contributed by atoms with van der Waals surface area (Å²) < 4.78 is 28.4. The van der Waals surface area contributed by atoms with E-state index in [1.54, 1.807) is 36.4 Å². The molecule has 1 aliphatic heterocycles. The van der Waals surface area contributed by atoms with E-state index in [2.05, 4.69) is 20.8 Å². The van der Waals surface area contributed by atoms with Crippen LogP contribution in [0.15, 0.2) is 58.6 Å². The standard InChI is InChI=1S/C19H19ClN6O3S2/c20-14-5-3-7-16(11-14)26-19(22-23-24-26)30-13-18(27)21-15-6-4-8-17(12-15)31(28,29)25-9-1-2-10-25/h3-8,11-12H,1-2,9-10,13H2,(H,21,27). The van der Waals surface area contributed by atoms with Crippen LogP contribution in [0.3, 0.4) is 0 Å². The zero-order chi connectivity index (χ0) is 21.8. The molecule has 0 atom stereocenters. The summed E-state index contributed by atoms with van der Waals surface area (Å²) in [6.45, 7) is 1.05. The highest BCUT2D eigenvalue weighted by Crippen LogP contribution is 2.24. The van der Waals surface area contributed by atoms with Gasteiger partial charge in [-0.1, -0.05) is 35.5 Å². The lowest BCUT2D eigenvalue weighted by Crippen LogP contribution is -2.28. The Hall–Kier alpha value is -2.47. The van der Waals surface area contributed by atoms with E-state index in [-0.39, 0.29) is 16.6 Å². The lowest BCUT2D eigenvalue weighted by Gasteiger charge is -2.16. The van der Waals surface area contributed by atoms with E-state index in [0.717, 1.165) is 24.6 Å². The lowest BCUT2D eigenvalue weighted by atomic mass is 10.3. The second-order valence-electron chi connectivity index (χ2n) is 6.83. The minimum absolute atomic E-state index is 0.0457. The van der Waals surface area contributed by atoms with Gasteiger partial charge in [-0.25, -0.2) is 8.42 Å². The zero-order valence-corrected chi connectivity index (χ0v) is 18.7. The van der Waals surface area contributed by atoms with Crippen LogP contribution in [0.2, 0.25) is 5.02 Å². The highest BCUT2D eigenvalue weighted by Gasteiger charge is 2.27. The van der Waals surface area contributed by atoms with Gasteiger partial charge in [0.2, 0.25) is 21.1 Å². The molecule has 0 radical (unpaired) electrons. The molecule has 31 heavy (non-hydrogen) atoms. The molecule has 12 heteroatoms. The first-order chi connectivity index (χ1) is 14.9. The van der Waals surface area contributed by atoms with Gasteiger partial charge in [0.25, 0.3) is 0 Å². The van der Waals surface area contributed by atoms with Crippen molar-refractivity contribution < 1.29 is 13.2 Å². The Balaban J connectivity index is 1.41. The van der Waals surface area contributed by atoms with Crippen molar-refractivity contribution in [1.29, 1.82) is 0 Å². The van der Waals surface area contributed by atoms with Crippen molar-refractivity contribution in [3.05, 3.63) is 53.6 Å². The van der Waals surface area contributed by atoms with Gasteiger partial charge in [0.15, 0.2) is 0 Å². The minimum atomic E-state index is -3.55. The summed E-state index contributed by atoms with van der Waals surface area (Å²) in [5.41, 5.74) is 1.10. The fourth-order valence-electron chi connectivity index (χ4n) is 3.18. The third kappa shape index (κ3) is 5.06. The van der Waals surface area contributed by atoms with Crippen LogP contribution in [0, 0.1) is 0 Å². The van der Waals surface area contributed by atoms with Gasteiger partial charge in [-0.3, -0.25) is 4.79 Å². The van der Waals surface area contributed by atoms with Crippen LogP contribution in [0.1, 0.15) is 12.8 Å². The highest BCUT2D eigenvalue weighted by atomic mass is 35.5. The van der Waals surface area contributed by atoms with Crippen molar-refractivity contribution in [2.45, 2.75) is 22.9 Å². The molecule has 9 nitrogen and oxygen atoms in total. The van der Waals surface area contributed by atoms with Gasteiger partial charge in [0.05, 0.1) is 16.3 Å². The molecule has 162 valence electrons. The molecule has 1 aromatic heterocycles. The summed E-state index contributed by atoms with van der Waals surface area (Å²) >= 11 is 7.18. The molecule has 3 aromatic rings. The molecule has 0 aliphatic carbocycles. The maximum atomic E-state index is 12.7. The molecule has 4 rings (SSSR count). The number of anilines is 1. The number of halogens is 1. The topological polar surface area (TPSA) is 110 Å². The summed E-state index contributed by atoms with van der Waals surface area (Å²) in [7, 11) is -3.55. The Labute approximate surface area is 188 Å². The fourth-order valence-corrected chi connectivity index (χ4v) is 5.62. The number of tetrazole rings is 1. The van der Waals surface area contributed by atoms with E-state index < -0.39 is 10.0 Å². The number of aromatic nitrogens is 4. The number of thioether (sulfide) groups is 1. The average molecular weight is 479 g/mol. The molecule has 2 heterocycles. The smallest absolute Gasteiger partial charge is 0.243 e. The molecular formula is C19H19ClN6O3S2. The third-order valence-corrected chi connectivity index (χ3v) is 7.70. The first-order valence-corrected chi connectivity index (χ1v) is 12.3. The number of hydrogen-bond donors (Lipinski definition) is 1. The lowest BCUT2D eigenvalue weighted by molar-refractivity contribution is -0.113. The number of benzene rings is 2. The molecule has 1 aliphatic rings. The Bertz CT molecular complexity index is 1190. The molecule has 0 saturated carbocycles. The molecule has 0 unspecified atom stereocenters. The van der Waals surface area contributed by atoms with Crippen LogP contribution < -0.4 is 5.32 Å². The van der Waals surface area contributed by atoms with Crippen molar-refractivity contribution >= 4 is 45.0 Å². The number of nitrogens with one attached hydrogen (secondary N) is 1. The Kier molecular flexibility index (Phi) is 6.56. The first kappa shape index (κ1) is 21.8. The normalized spacial score (nSPS) is 14.6. The van der Waals surface area contributed by atoms with E-state index in [1.165, 1.54) is 21.1 Å². The van der Waals surface area contributed by atoms with E-state index in [4.69, 9.17) is 11.6 Å². The van der Waals surface area contributed by atoms with Crippen molar-refractivity contribution in [2.75, 3.05) is 24.2 Å². The van der Waals surface area contributed by atoms with E-state index in [0.29, 0.717) is 34.6 Å². The SMILES string of the molecule is O=C(CSc1nnnn1-c1cccc(Cl)c1)Nc1cccc(S(=O)(=O)N2CCCC2)c1. The van der Waals surface area contributed by atoms with Gasteiger partial charge >= 0.3 is 0 Å². The van der Waals surface area contributed by atoms with Crippen molar-refractivity contribution in [3.63, 3.8) is 0 Å². The minimum Gasteiger partial charge on any atom is -0.325 e. The van der Waals surface area contributed by atoms with Gasteiger partial charge in [0, 0.05) is 23.8 Å². The van der Waals surface area contributed by atoms with Gasteiger partial charge < -0.3 is 5.32 Å². The second-order valence-corrected chi connectivity index (χ2v) is 10.1. The summed E-state index contributed by atoms with van der Waals surface area (Å²) in [6, 6.07) is 13.3. The van der Waals surface area contributed by atoms with Crippen LogP contribution >= 0.6 is 23.4 Å². The fraction of sp³-hybridized carbons (Fsp3) is 0.263. The van der Waals surface area contributed by atoms with E-state index in [1.807, 2.05) is 0 Å². The van der Waals surface area contributed by atoms with Gasteiger partial charge in [-0.15, -0.1) is 5.10 Å². The molecule has 1 N–H and O–H groups in total. The predicted octanol–water partition coefficient (Wildman–Crippen LogP) is 2.83. The number of amides is 1. The van der Waals surface area contributed by atoms with Crippen LogP contribution in [0.4, 0.5) is 5.69 Å². The predicted molar refractivity (Wildman–Crippen MR) is 118 cm³/mol. The molecule has 1 amide bonds. The summed E-state index contributed by atoms with van der Waals surface area (Å²) in [4.78, 5) is 12.6. The number of sulfonamides is 1. The van der Waals surface area contributed by atoms with E-state index in [9.17, 15) is 13.2 Å². The van der Waals surface area contributed by atoms with Crippen LogP contribution in [0.25, 0.3) is 5.69 Å². The Morgan fingerprint density at radius 2 is 1.90 bits per heavy atom. The van der Waals surface area contributed by atoms with Crippen molar-refractivity contribution in [3.8, 4) is 5.69 Å². The molecule has 1 fully saturated rings. The molecular weight excluding hydrogens is 460 g/mol. The maximum Gasteiger partial charge on any atom is 0.243 e. The van der Waals surface area contributed by atoms with Gasteiger partial charge in [0.1, 0.15) is 0 Å². The zero-order valence-electron chi connectivity index (χ0n) is 16.3. The molecule has 2 aromatic carbocycles. The summed E-state index contributed by atoms with van der Waals surface area (Å²) in [5, 5.41) is 15.3. The van der Waals surface area contributed by atoms with Crippen molar-refractivity contribution in [1.82, 2.24) is 24.5 Å². The summed E-state index contributed by atoms with van der Waals surface area (Å²) in [6.07, 6.45) is 1.73. The van der Waals surface area contributed by atoms with Crippen molar-refractivity contribution in [2.24, 2.45) is 0 Å². The Morgan fingerprint density at radius 1 is 1.13 bits per heavy atom. The van der Waals surface area contributed by atoms with Crippen LogP contribution in [0.5, 0.6) is 0 Å². The van der Waals surface area contributed by atoms with Crippen LogP contribution in [-0.4, -0.2) is 57.7 Å². The largest absolute Gasteiger partial charge is 0.325 e. The van der Waals surface area contributed by atoms with Gasteiger partial charge in [-0.2, -0.15) is 8.99 Å².